The SMILES string of the molecule is O=C(Cn1nnc(-c2ccccc2Oc2ccc3ccccc3c2)n1)NCCNC(=S)Nc1cccc([N+](=O)[O-])c1. The van der Waals surface area contributed by atoms with Gasteiger partial charge in [0.15, 0.2) is 5.11 Å². The number of anilines is 1. The zero-order chi connectivity index (χ0) is 28.6. The molecule has 1 aromatic heterocycles. The van der Waals surface area contributed by atoms with E-state index in [1.165, 1.54) is 16.9 Å². The van der Waals surface area contributed by atoms with Gasteiger partial charge in [-0.25, -0.2) is 0 Å². The van der Waals surface area contributed by atoms with E-state index in [1.807, 2.05) is 66.7 Å². The van der Waals surface area contributed by atoms with Gasteiger partial charge in [-0.15, -0.1) is 10.2 Å². The van der Waals surface area contributed by atoms with Crippen LogP contribution in [0.5, 0.6) is 11.5 Å². The quantitative estimate of drug-likeness (QED) is 0.0963. The normalized spacial score (nSPS) is 10.6. The van der Waals surface area contributed by atoms with Gasteiger partial charge in [0.25, 0.3) is 5.69 Å². The fourth-order valence-corrected chi connectivity index (χ4v) is 4.17. The average molecular weight is 569 g/mol. The van der Waals surface area contributed by atoms with Gasteiger partial charge in [-0.3, -0.25) is 14.9 Å². The molecule has 0 saturated carbocycles. The molecule has 0 saturated heterocycles. The number of para-hydroxylation sites is 1. The van der Waals surface area contributed by atoms with Crippen LogP contribution in [0.3, 0.4) is 0 Å². The first-order valence-electron chi connectivity index (χ1n) is 12.5. The number of aromatic nitrogens is 4. The van der Waals surface area contributed by atoms with Gasteiger partial charge in [-0.1, -0.05) is 48.5 Å². The third-order valence-corrected chi connectivity index (χ3v) is 6.11. The number of carbonyl (C=O) groups is 1. The van der Waals surface area contributed by atoms with Crippen LogP contribution in [0.1, 0.15) is 0 Å². The minimum Gasteiger partial charge on any atom is -0.457 e. The Hall–Kier alpha value is -5.43. The van der Waals surface area contributed by atoms with Crippen molar-refractivity contribution < 1.29 is 14.5 Å². The van der Waals surface area contributed by atoms with E-state index in [2.05, 4.69) is 31.4 Å². The molecular weight excluding hydrogens is 544 g/mol. The van der Waals surface area contributed by atoms with Crippen molar-refractivity contribution in [2.45, 2.75) is 6.54 Å². The van der Waals surface area contributed by atoms with E-state index in [4.69, 9.17) is 17.0 Å². The second kappa shape index (κ2) is 12.6. The molecule has 12 nitrogen and oxygen atoms in total. The molecule has 0 atom stereocenters. The van der Waals surface area contributed by atoms with E-state index < -0.39 is 4.92 Å². The predicted octanol–water partition coefficient (Wildman–Crippen LogP) is 4.30. The summed E-state index contributed by atoms with van der Waals surface area (Å²) in [6.07, 6.45) is 0. The van der Waals surface area contributed by atoms with Gasteiger partial charge in [-0.05, 0) is 58.5 Å². The molecule has 41 heavy (non-hydrogen) atoms. The third kappa shape index (κ3) is 7.16. The number of tetrazole rings is 1. The van der Waals surface area contributed by atoms with Crippen molar-refractivity contribution in [3.8, 4) is 22.9 Å². The van der Waals surface area contributed by atoms with Gasteiger partial charge >= 0.3 is 0 Å². The topological polar surface area (TPSA) is 149 Å². The molecule has 0 aliphatic rings. The number of thiocarbonyl (C=S) groups is 1. The van der Waals surface area contributed by atoms with Crippen LogP contribution >= 0.6 is 12.2 Å². The van der Waals surface area contributed by atoms with E-state index in [-0.39, 0.29) is 29.8 Å². The molecule has 5 aromatic rings. The highest BCUT2D eigenvalue weighted by molar-refractivity contribution is 7.80. The zero-order valence-electron chi connectivity index (χ0n) is 21.6. The third-order valence-electron chi connectivity index (χ3n) is 5.86. The molecule has 1 heterocycles. The van der Waals surface area contributed by atoms with Gasteiger partial charge in [-0.2, -0.15) is 4.80 Å². The second-order valence-corrected chi connectivity index (χ2v) is 9.20. The summed E-state index contributed by atoms with van der Waals surface area (Å²) in [5, 5.41) is 34.4. The molecule has 1 amide bonds. The number of amides is 1. The molecule has 4 aromatic carbocycles. The zero-order valence-corrected chi connectivity index (χ0v) is 22.4. The van der Waals surface area contributed by atoms with Crippen LogP contribution in [-0.2, 0) is 11.3 Å². The van der Waals surface area contributed by atoms with Gasteiger partial charge < -0.3 is 20.7 Å². The van der Waals surface area contributed by atoms with Crippen molar-refractivity contribution in [2.75, 3.05) is 18.4 Å². The number of hydrogen-bond donors (Lipinski definition) is 3. The maximum Gasteiger partial charge on any atom is 0.271 e. The summed E-state index contributed by atoms with van der Waals surface area (Å²) in [6, 6.07) is 27.2. The summed E-state index contributed by atoms with van der Waals surface area (Å²) in [5.74, 6) is 1.26. The highest BCUT2D eigenvalue weighted by atomic mass is 32.1. The Labute approximate surface area is 239 Å². The van der Waals surface area contributed by atoms with E-state index >= 15 is 0 Å². The number of nitro benzene ring substituents is 1. The number of ether oxygens (including phenoxy) is 1. The lowest BCUT2D eigenvalue weighted by molar-refractivity contribution is -0.384. The first-order chi connectivity index (χ1) is 19.9. The molecule has 0 unspecified atom stereocenters. The first kappa shape index (κ1) is 27.1. The molecule has 3 N–H and O–H groups in total. The number of hydrogen-bond acceptors (Lipinski definition) is 8. The molecule has 5 rings (SSSR count). The number of nitro groups is 1. The van der Waals surface area contributed by atoms with Crippen molar-refractivity contribution in [1.29, 1.82) is 0 Å². The highest BCUT2D eigenvalue weighted by Crippen LogP contribution is 2.32. The highest BCUT2D eigenvalue weighted by Gasteiger charge is 2.14. The lowest BCUT2D eigenvalue weighted by atomic mass is 10.1. The molecule has 206 valence electrons. The molecule has 0 radical (unpaired) electrons. The largest absolute Gasteiger partial charge is 0.457 e. The summed E-state index contributed by atoms with van der Waals surface area (Å²) in [7, 11) is 0. The number of fused-ring (bicyclic) bond motifs is 1. The molecule has 0 bridgehead atoms. The summed E-state index contributed by atoms with van der Waals surface area (Å²) < 4.78 is 6.15. The number of rotatable bonds is 10. The van der Waals surface area contributed by atoms with Crippen molar-refractivity contribution in [2.24, 2.45) is 0 Å². The lowest BCUT2D eigenvalue weighted by Gasteiger charge is -2.11. The van der Waals surface area contributed by atoms with Crippen molar-refractivity contribution in [3.63, 3.8) is 0 Å². The van der Waals surface area contributed by atoms with E-state index in [0.717, 1.165) is 10.8 Å². The number of nitrogens with zero attached hydrogens (tertiary/aromatic N) is 5. The molecule has 0 fully saturated rings. The Morgan fingerprint density at radius 1 is 0.927 bits per heavy atom. The number of carbonyl (C=O) groups excluding carboxylic acids is 1. The molecule has 0 spiro atoms. The van der Waals surface area contributed by atoms with Crippen molar-refractivity contribution in [1.82, 2.24) is 30.8 Å². The maximum atomic E-state index is 12.4. The minimum atomic E-state index is -0.483. The predicted molar refractivity (Wildman–Crippen MR) is 158 cm³/mol. The van der Waals surface area contributed by atoms with E-state index in [1.54, 1.807) is 12.1 Å². The van der Waals surface area contributed by atoms with Crippen LogP contribution in [-0.4, -0.2) is 49.2 Å². The van der Waals surface area contributed by atoms with Gasteiger partial charge in [0.05, 0.1) is 10.5 Å². The summed E-state index contributed by atoms with van der Waals surface area (Å²) in [4.78, 5) is 24.0. The van der Waals surface area contributed by atoms with Gasteiger partial charge in [0.1, 0.15) is 18.0 Å². The number of benzene rings is 4. The van der Waals surface area contributed by atoms with Gasteiger partial charge in [0, 0.05) is 30.9 Å². The minimum absolute atomic E-state index is 0.0455. The Morgan fingerprint density at radius 2 is 1.71 bits per heavy atom. The maximum absolute atomic E-state index is 12.4. The summed E-state index contributed by atoms with van der Waals surface area (Å²) in [5.41, 5.74) is 1.08. The lowest BCUT2D eigenvalue weighted by Crippen LogP contribution is -2.38. The smallest absolute Gasteiger partial charge is 0.271 e. The Morgan fingerprint density at radius 3 is 2.56 bits per heavy atom. The Bertz CT molecular complexity index is 1720. The van der Waals surface area contributed by atoms with E-state index in [0.29, 0.717) is 35.1 Å². The number of nitrogens with one attached hydrogen (secondary N) is 3. The van der Waals surface area contributed by atoms with Crippen molar-refractivity contribution in [3.05, 3.63) is 101 Å². The van der Waals surface area contributed by atoms with Crippen LogP contribution in [0, 0.1) is 10.1 Å². The standard InChI is InChI=1S/C28H24N8O4S/c37-26(29-14-15-30-28(41)31-21-8-5-9-22(17-21)36(38)39)18-35-33-27(32-34-35)24-10-3-4-11-25(24)40-23-13-12-19-6-1-2-7-20(19)16-23/h1-13,16-17H,14-15,18H2,(H,29,37)(H2,30,31,41). The van der Waals surface area contributed by atoms with Gasteiger partial charge in [0.2, 0.25) is 11.7 Å². The van der Waals surface area contributed by atoms with Crippen LogP contribution in [0.25, 0.3) is 22.2 Å². The fraction of sp³-hybridized carbons (Fsp3) is 0.107. The van der Waals surface area contributed by atoms with E-state index in [9.17, 15) is 14.9 Å². The van der Waals surface area contributed by atoms with Crippen LogP contribution in [0.4, 0.5) is 11.4 Å². The average Bonchev–Trinajstić information content (AvgIpc) is 3.44. The van der Waals surface area contributed by atoms with Crippen LogP contribution in [0.2, 0.25) is 0 Å². The van der Waals surface area contributed by atoms with Crippen LogP contribution < -0.4 is 20.7 Å². The monoisotopic (exact) mass is 568 g/mol. The fourth-order valence-electron chi connectivity index (χ4n) is 3.95. The Kier molecular flexibility index (Phi) is 8.35. The summed E-state index contributed by atoms with van der Waals surface area (Å²) in [6.45, 7) is 0.485. The number of non-ortho nitro benzene ring substituents is 1. The summed E-state index contributed by atoms with van der Waals surface area (Å²) >= 11 is 5.20. The Balaban J connectivity index is 1.12. The molecular formula is C28H24N8O4S. The molecule has 0 aliphatic carbocycles. The molecule has 0 aliphatic heterocycles. The van der Waals surface area contributed by atoms with Crippen molar-refractivity contribution >= 4 is 45.4 Å². The first-order valence-corrected chi connectivity index (χ1v) is 13.0. The van der Waals surface area contributed by atoms with Crippen LogP contribution in [0.15, 0.2) is 91.0 Å². The molecule has 13 heteroatoms. The second-order valence-electron chi connectivity index (χ2n) is 8.79.